The van der Waals surface area contributed by atoms with Crippen LogP contribution in [-0.2, 0) is 17.9 Å². The Balaban J connectivity index is 1.47. The number of nitrogens with one attached hydrogen (secondary N) is 1. The van der Waals surface area contributed by atoms with E-state index in [4.69, 9.17) is 0 Å². The van der Waals surface area contributed by atoms with Crippen molar-refractivity contribution < 1.29 is 14.0 Å². The normalized spacial score (nSPS) is 12.9. The lowest BCUT2D eigenvalue weighted by atomic mass is 10.2. The van der Waals surface area contributed by atoms with E-state index in [0.717, 1.165) is 28.8 Å². The summed E-state index contributed by atoms with van der Waals surface area (Å²) in [7, 11) is 0. The number of urea groups is 1. The van der Waals surface area contributed by atoms with Gasteiger partial charge in [0, 0.05) is 23.2 Å². The molecular formula is C25H26FN3O2S. The zero-order valence-electron chi connectivity index (χ0n) is 18.0. The molecule has 0 unspecified atom stereocenters. The summed E-state index contributed by atoms with van der Waals surface area (Å²) in [5, 5.41) is 4.89. The molecule has 7 heteroatoms. The van der Waals surface area contributed by atoms with Gasteiger partial charge in [0.05, 0.1) is 6.54 Å². The van der Waals surface area contributed by atoms with Gasteiger partial charge in [0.1, 0.15) is 12.4 Å². The molecule has 0 radical (unpaired) electrons. The van der Waals surface area contributed by atoms with E-state index in [1.165, 1.54) is 12.1 Å². The summed E-state index contributed by atoms with van der Waals surface area (Å²) >= 11 is 1.58. The SMILES string of the molecule is Cc1ccc(NC(=O)N(CC(=O)N(Cc2ccc(F)cc2)Cc2cccs2)C2CC2)cc1. The number of rotatable bonds is 8. The topological polar surface area (TPSA) is 52.7 Å². The number of anilines is 1. The highest BCUT2D eigenvalue weighted by Gasteiger charge is 2.35. The fourth-order valence-electron chi connectivity index (χ4n) is 3.46. The summed E-state index contributed by atoms with van der Waals surface area (Å²) in [5.41, 5.74) is 2.67. The lowest BCUT2D eigenvalue weighted by molar-refractivity contribution is -0.133. The molecule has 1 heterocycles. The Bertz CT molecular complexity index is 1050. The Morgan fingerprint density at radius 1 is 1.03 bits per heavy atom. The average Bonchev–Trinajstić information content (AvgIpc) is 3.49. The fraction of sp³-hybridized carbons (Fsp3) is 0.280. The summed E-state index contributed by atoms with van der Waals surface area (Å²) in [6.45, 7) is 2.81. The van der Waals surface area contributed by atoms with Crippen LogP contribution in [-0.4, -0.2) is 34.3 Å². The standard InChI is InChI=1S/C25H26FN3O2S/c1-18-4-10-21(11-5-18)27-25(31)29(22-12-13-22)17-24(30)28(16-23-3-2-14-32-23)15-19-6-8-20(26)9-7-19/h2-11,14,22H,12-13,15-17H2,1H3,(H,27,31). The van der Waals surface area contributed by atoms with Gasteiger partial charge in [-0.25, -0.2) is 9.18 Å². The van der Waals surface area contributed by atoms with Crippen molar-refractivity contribution in [3.05, 3.63) is 87.9 Å². The van der Waals surface area contributed by atoms with Crippen LogP contribution in [0.1, 0.15) is 28.8 Å². The van der Waals surface area contributed by atoms with Crippen molar-refractivity contribution in [3.63, 3.8) is 0 Å². The molecule has 3 aromatic rings. The van der Waals surface area contributed by atoms with Gasteiger partial charge in [0.2, 0.25) is 5.91 Å². The van der Waals surface area contributed by atoms with Gasteiger partial charge in [-0.2, -0.15) is 0 Å². The number of halogens is 1. The highest BCUT2D eigenvalue weighted by Crippen LogP contribution is 2.28. The minimum Gasteiger partial charge on any atom is -0.332 e. The molecule has 166 valence electrons. The van der Waals surface area contributed by atoms with Crippen LogP contribution in [0.3, 0.4) is 0 Å². The van der Waals surface area contributed by atoms with E-state index in [9.17, 15) is 14.0 Å². The molecule has 0 bridgehead atoms. The second-order valence-corrected chi connectivity index (χ2v) is 9.14. The predicted octanol–water partition coefficient (Wildman–Crippen LogP) is 5.42. The quantitative estimate of drug-likeness (QED) is 0.497. The number of nitrogens with zero attached hydrogens (tertiary/aromatic N) is 2. The maximum atomic E-state index is 13.3. The third-order valence-electron chi connectivity index (χ3n) is 5.42. The Morgan fingerprint density at radius 2 is 1.75 bits per heavy atom. The number of aryl methyl sites for hydroxylation is 1. The molecule has 1 N–H and O–H groups in total. The molecule has 1 saturated carbocycles. The van der Waals surface area contributed by atoms with Crippen LogP contribution in [0.4, 0.5) is 14.9 Å². The zero-order valence-corrected chi connectivity index (χ0v) is 18.8. The molecule has 1 aromatic heterocycles. The molecule has 0 atom stereocenters. The molecule has 5 nitrogen and oxygen atoms in total. The maximum Gasteiger partial charge on any atom is 0.322 e. The molecule has 32 heavy (non-hydrogen) atoms. The first-order chi connectivity index (χ1) is 15.5. The summed E-state index contributed by atoms with van der Waals surface area (Å²) in [5.74, 6) is -0.439. The van der Waals surface area contributed by atoms with E-state index < -0.39 is 0 Å². The molecule has 0 saturated heterocycles. The number of hydrogen-bond donors (Lipinski definition) is 1. The van der Waals surface area contributed by atoms with Gasteiger partial charge in [0.15, 0.2) is 0 Å². The van der Waals surface area contributed by atoms with Gasteiger partial charge in [-0.3, -0.25) is 4.79 Å². The van der Waals surface area contributed by atoms with Crippen LogP contribution in [0.5, 0.6) is 0 Å². The van der Waals surface area contributed by atoms with E-state index in [2.05, 4.69) is 5.32 Å². The molecular weight excluding hydrogens is 425 g/mol. The second kappa shape index (κ2) is 9.96. The molecule has 1 aliphatic carbocycles. The molecule has 4 rings (SSSR count). The molecule has 2 aromatic carbocycles. The maximum absolute atomic E-state index is 13.3. The Kier molecular flexibility index (Phi) is 6.85. The summed E-state index contributed by atoms with van der Waals surface area (Å²) in [4.78, 5) is 30.7. The fourth-order valence-corrected chi connectivity index (χ4v) is 4.18. The summed E-state index contributed by atoms with van der Waals surface area (Å²) in [6, 6.07) is 17.5. The van der Waals surface area contributed by atoms with Gasteiger partial charge < -0.3 is 15.1 Å². The van der Waals surface area contributed by atoms with Crippen LogP contribution in [0.15, 0.2) is 66.0 Å². The number of hydrogen-bond acceptors (Lipinski definition) is 3. The molecule has 3 amide bonds. The van der Waals surface area contributed by atoms with Crippen LogP contribution in [0, 0.1) is 12.7 Å². The minimum atomic E-state index is -0.308. The van der Waals surface area contributed by atoms with Crippen molar-refractivity contribution in [2.75, 3.05) is 11.9 Å². The first-order valence-electron chi connectivity index (χ1n) is 10.7. The van der Waals surface area contributed by atoms with E-state index in [1.807, 2.05) is 48.7 Å². The number of thiophene rings is 1. The van der Waals surface area contributed by atoms with Crippen LogP contribution >= 0.6 is 11.3 Å². The summed E-state index contributed by atoms with van der Waals surface area (Å²) < 4.78 is 13.3. The molecule has 1 fully saturated rings. The van der Waals surface area contributed by atoms with Gasteiger partial charge >= 0.3 is 6.03 Å². The monoisotopic (exact) mass is 451 g/mol. The van der Waals surface area contributed by atoms with Crippen molar-refractivity contribution in [1.82, 2.24) is 9.80 Å². The van der Waals surface area contributed by atoms with Gasteiger partial charge in [-0.15, -0.1) is 11.3 Å². The molecule has 0 spiro atoms. The van der Waals surface area contributed by atoms with E-state index in [-0.39, 0.29) is 30.3 Å². The number of benzene rings is 2. The van der Waals surface area contributed by atoms with Crippen molar-refractivity contribution in [1.29, 1.82) is 0 Å². The van der Waals surface area contributed by atoms with Gasteiger partial charge in [-0.1, -0.05) is 35.9 Å². The predicted molar refractivity (Wildman–Crippen MR) is 125 cm³/mol. The minimum absolute atomic E-state index is 0.00886. The number of carbonyl (C=O) groups is 2. The third kappa shape index (κ3) is 5.95. The van der Waals surface area contributed by atoms with Crippen molar-refractivity contribution in [2.24, 2.45) is 0 Å². The van der Waals surface area contributed by atoms with Crippen molar-refractivity contribution >= 4 is 29.0 Å². The second-order valence-electron chi connectivity index (χ2n) is 8.11. The van der Waals surface area contributed by atoms with Gasteiger partial charge in [0.25, 0.3) is 0 Å². The largest absolute Gasteiger partial charge is 0.332 e. The highest BCUT2D eigenvalue weighted by atomic mass is 32.1. The van der Waals surface area contributed by atoms with Crippen LogP contribution in [0.2, 0.25) is 0 Å². The van der Waals surface area contributed by atoms with E-state index in [1.54, 1.807) is 33.3 Å². The lowest BCUT2D eigenvalue weighted by Gasteiger charge is -2.28. The number of carbonyl (C=O) groups excluding carboxylic acids is 2. The Labute approximate surface area is 191 Å². The summed E-state index contributed by atoms with van der Waals surface area (Å²) in [6.07, 6.45) is 1.80. The first kappa shape index (κ1) is 22.0. The average molecular weight is 452 g/mol. The third-order valence-corrected chi connectivity index (χ3v) is 6.28. The first-order valence-corrected chi connectivity index (χ1v) is 11.5. The van der Waals surface area contributed by atoms with Crippen molar-refractivity contribution in [3.8, 4) is 0 Å². The van der Waals surface area contributed by atoms with Crippen LogP contribution < -0.4 is 5.32 Å². The van der Waals surface area contributed by atoms with E-state index >= 15 is 0 Å². The van der Waals surface area contributed by atoms with Gasteiger partial charge in [-0.05, 0) is 61.0 Å². The van der Waals surface area contributed by atoms with Crippen molar-refractivity contribution in [2.45, 2.75) is 38.9 Å². The lowest BCUT2D eigenvalue weighted by Crippen LogP contribution is -2.45. The number of amides is 3. The van der Waals surface area contributed by atoms with E-state index in [0.29, 0.717) is 18.8 Å². The smallest absolute Gasteiger partial charge is 0.322 e. The Morgan fingerprint density at radius 3 is 2.38 bits per heavy atom. The Hall–Kier alpha value is -3.19. The molecule has 0 aliphatic heterocycles. The zero-order chi connectivity index (χ0) is 22.5. The van der Waals surface area contributed by atoms with Crippen LogP contribution in [0.25, 0.3) is 0 Å². The highest BCUT2D eigenvalue weighted by molar-refractivity contribution is 7.09. The molecule has 1 aliphatic rings.